The van der Waals surface area contributed by atoms with Gasteiger partial charge in [-0.25, -0.2) is 0 Å². The molecule has 0 amide bonds. The topological polar surface area (TPSA) is 76.4 Å². The lowest BCUT2D eigenvalue weighted by Gasteiger charge is -2.12. The molecule has 0 saturated carbocycles. The van der Waals surface area contributed by atoms with E-state index in [1.54, 1.807) is 19.5 Å². The Hall–Kier alpha value is -1.89. The van der Waals surface area contributed by atoms with Crippen LogP contribution in [-0.4, -0.2) is 54.1 Å². The van der Waals surface area contributed by atoms with Crippen molar-refractivity contribution in [3.8, 4) is 0 Å². The van der Waals surface area contributed by atoms with Gasteiger partial charge in [0, 0.05) is 46.3 Å². The van der Waals surface area contributed by atoms with Gasteiger partial charge >= 0.3 is 0 Å². The predicted molar refractivity (Wildman–Crippen MR) is 84.4 cm³/mol. The largest absolute Gasteiger partial charge is 0.385 e. The van der Waals surface area contributed by atoms with E-state index in [9.17, 15) is 0 Å². The Morgan fingerprint density at radius 2 is 2.38 bits per heavy atom. The van der Waals surface area contributed by atoms with Gasteiger partial charge in [0.05, 0.1) is 0 Å². The third-order valence-electron chi connectivity index (χ3n) is 2.85. The highest BCUT2D eigenvalue weighted by Crippen LogP contribution is 1.94. The second-order valence-corrected chi connectivity index (χ2v) is 4.47. The van der Waals surface area contributed by atoms with Crippen molar-refractivity contribution in [1.29, 1.82) is 0 Å². The third kappa shape index (κ3) is 6.89. The van der Waals surface area contributed by atoms with Gasteiger partial charge in [-0.05, 0) is 6.42 Å². The minimum atomic E-state index is 0.683. The first kappa shape index (κ1) is 17.2. The van der Waals surface area contributed by atoms with E-state index in [1.807, 2.05) is 4.57 Å². The van der Waals surface area contributed by atoms with E-state index in [-0.39, 0.29) is 0 Å². The van der Waals surface area contributed by atoms with Crippen molar-refractivity contribution in [2.24, 2.45) is 4.99 Å². The summed E-state index contributed by atoms with van der Waals surface area (Å²) in [7, 11) is 1.70. The fourth-order valence-corrected chi connectivity index (χ4v) is 1.78. The maximum Gasteiger partial charge on any atom is 0.191 e. The number of aromatic nitrogens is 3. The molecule has 0 atom stereocenters. The Labute approximate surface area is 126 Å². The van der Waals surface area contributed by atoms with E-state index >= 15 is 0 Å². The Morgan fingerprint density at radius 1 is 1.52 bits per heavy atom. The third-order valence-corrected chi connectivity index (χ3v) is 2.85. The highest BCUT2D eigenvalue weighted by molar-refractivity contribution is 5.79. The number of aliphatic imine (C=N–C) groups is 1. The van der Waals surface area contributed by atoms with Crippen molar-refractivity contribution in [3.05, 3.63) is 24.8 Å². The number of aryl methyl sites for hydroxylation is 1. The highest BCUT2D eigenvalue weighted by Gasteiger charge is 2.02. The average Bonchev–Trinajstić information content (AvgIpc) is 2.95. The van der Waals surface area contributed by atoms with Crippen LogP contribution >= 0.6 is 0 Å². The molecule has 0 unspecified atom stereocenters. The molecule has 21 heavy (non-hydrogen) atoms. The van der Waals surface area contributed by atoms with E-state index in [0.717, 1.165) is 50.9 Å². The number of nitrogens with zero attached hydrogens (tertiary/aromatic N) is 4. The van der Waals surface area contributed by atoms with Crippen molar-refractivity contribution in [2.45, 2.75) is 26.3 Å². The van der Waals surface area contributed by atoms with Gasteiger partial charge in [0.25, 0.3) is 0 Å². The van der Waals surface area contributed by atoms with E-state index in [1.165, 1.54) is 0 Å². The summed E-state index contributed by atoms with van der Waals surface area (Å²) >= 11 is 0. The minimum Gasteiger partial charge on any atom is -0.385 e. The minimum absolute atomic E-state index is 0.683. The molecule has 7 nitrogen and oxygen atoms in total. The fourth-order valence-electron chi connectivity index (χ4n) is 1.78. The first-order chi connectivity index (χ1) is 10.3. The zero-order valence-corrected chi connectivity index (χ0v) is 13.0. The molecule has 0 aliphatic rings. The summed E-state index contributed by atoms with van der Waals surface area (Å²) < 4.78 is 7.06. The Morgan fingerprint density at radius 3 is 3.10 bits per heavy atom. The molecular formula is C14H26N6O. The quantitative estimate of drug-likeness (QED) is 0.286. The van der Waals surface area contributed by atoms with Crippen LogP contribution in [-0.2, 0) is 17.7 Å². The van der Waals surface area contributed by atoms with Crippen LogP contribution in [0.5, 0.6) is 0 Å². The molecule has 1 rings (SSSR count). The van der Waals surface area contributed by atoms with Gasteiger partial charge < -0.3 is 19.9 Å². The van der Waals surface area contributed by atoms with Gasteiger partial charge in [0.2, 0.25) is 0 Å². The fraction of sp³-hybridized carbons (Fsp3) is 0.643. The number of hydrogen-bond acceptors (Lipinski definition) is 4. The van der Waals surface area contributed by atoms with Gasteiger partial charge in [0.1, 0.15) is 12.2 Å². The molecule has 0 aliphatic carbocycles. The number of methoxy groups -OCH3 is 1. The number of rotatable bonds is 10. The second-order valence-electron chi connectivity index (χ2n) is 4.47. The molecular weight excluding hydrogens is 268 g/mol. The van der Waals surface area contributed by atoms with Gasteiger partial charge in [0.15, 0.2) is 5.96 Å². The summed E-state index contributed by atoms with van der Waals surface area (Å²) in [5, 5.41) is 14.5. The lowest BCUT2D eigenvalue weighted by molar-refractivity contribution is 0.197. The molecule has 7 heteroatoms. The summed E-state index contributed by atoms with van der Waals surface area (Å²) in [6, 6.07) is 0. The number of nitrogens with one attached hydrogen (secondary N) is 2. The van der Waals surface area contributed by atoms with E-state index in [4.69, 9.17) is 4.74 Å². The molecule has 1 aromatic heterocycles. The smallest absolute Gasteiger partial charge is 0.191 e. The standard InChI is InChI=1S/C14H26N6O/c1-4-7-15-14(16-8-6-11-21-3)17-9-10-20-12-18-19-13(20)5-2/h4,12H,1,5-11H2,2-3H3,(H2,15,16,17). The predicted octanol–water partition coefficient (Wildman–Crippen LogP) is 0.598. The molecule has 2 N–H and O–H groups in total. The molecule has 0 aliphatic heterocycles. The van der Waals surface area contributed by atoms with Crippen molar-refractivity contribution in [2.75, 3.05) is 33.4 Å². The van der Waals surface area contributed by atoms with Crippen molar-refractivity contribution < 1.29 is 4.74 Å². The highest BCUT2D eigenvalue weighted by atomic mass is 16.5. The Balaban J connectivity index is 2.39. The van der Waals surface area contributed by atoms with E-state index in [0.29, 0.717) is 6.54 Å². The molecule has 0 fully saturated rings. The molecule has 0 saturated heterocycles. The summed E-state index contributed by atoms with van der Waals surface area (Å²) in [5.41, 5.74) is 0. The maximum atomic E-state index is 5.02. The van der Waals surface area contributed by atoms with Crippen LogP contribution in [0.3, 0.4) is 0 Å². The van der Waals surface area contributed by atoms with Crippen LogP contribution in [0.2, 0.25) is 0 Å². The van der Waals surface area contributed by atoms with Crippen LogP contribution in [0.25, 0.3) is 0 Å². The lowest BCUT2D eigenvalue weighted by atomic mass is 10.4. The van der Waals surface area contributed by atoms with Crippen molar-refractivity contribution in [3.63, 3.8) is 0 Å². The Bertz CT molecular complexity index is 429. The van der Waals surface area contributed by atoms with Gasteiger partial charge in [-0.15, -0.1) is 16.8 Å². The van der Waals surface area contributed by atoms with Crippen LogP contribution < -0.4 is 10.6 Å². The molecule has 118 valence electrons. The van der Waals surface area contributed by atoms with Crippen molar-refractivity contribution >= 4 is 5.96 Å². The second kappa shape index (κ2) is 10.8. The number of hydrogen-bond donors (Lipinski definition) is 2. The van der Waals surface area contributed by atoms with Crippen LogP contribution in [0.1, 0.15) is 19.2 Å². The van der Waals surface area contributed by atoms with Crippen molar-refractivity contribution in [1.82, 2.24) is 25.4 Å². The zero-order valence-electron chi connectivity index (χ0n) is 13.0. The summed E-state index contributed by atoms with van der Waals surface area (Å²) in [6.07, 6.45) is 5.35. The lowest BCUT2D eigenvalue weighted by Crippen LogP contribution is -2.39. The van der Waals surface area contributed by atoms with Gasteiger partial charge in [-0.1, -0.05) is 13.0 Å². The van der Waals surface area contributed by atoms with E-state index < -0.39 is 0 Å². The average molecular weight is 294 g/mol. The van der Waals surface area contributed by atoms with Gasteiger partial charge in [-0.3, -0.25) is 4.99 Å². The normalized spacial score (nSPS) is 11.4. The zero-order chi connectivity index (χ0) is 15.3. The molecule has 0 bridgehead atoms. The first-order valence-electron chi connectivity index (χ1n) is 7.30. The molecule has 1 heterocycles. The Kier molecular flexibility index (Phi) is 8.86. The summed E-state index contributed by atoms with van der Waals surface area (Å²) in [4.78, 5) is 4.49. The number of guanidine groups is 1. The molecule has 0 radical (unpaired) electrons. The van der Waals surface area contributed by atoms with Crippen LogP contribution in [0.15, 0.2) is 24.0 Å². The number of ether oxygens (including phenoxy) is 1. The SMILES string of the molecule is C=CCNC(=NCCCOC)NCCn1cnnc1CC. The monoisotopic (exact) mass is 294 g/mol. The van der Waals surface area contributed by atoms with Crippen LogP contribution in [0.4, 0.5) is 0 Å². The van der Waals surface area contributed by atoms with Crippen LogP contribution in [0, 0.1) is 0 Å². The maximum absolute atomic E-state index is 5.02. The first-order valence-corrected chi connectivity index (χ1v) is 7.30. The molecule has 0 spiro atoms. The van der Waals surface area contributed by atoms with Gasteiger partial charge in [-0.2, -0.15) is 0 Å². The molecule has 0 aromatic carbocycles. The molecule has 1 aromatic rings. The van der Waals surface area contributed by atoms with E-state index in [2.05, 4.69) is 39.3 Å². The summed E-state index contributed by atoms with van der Waals surface area (Å²) in [5.74, 6) is 1.78. The summed E-state index contributed by atoms with van der Waals surface area (Å²) in [6.45, 7) is 9.48.